The minimum absolute atomic E-state index is 0.237. The summed E-state index contributed by atoms with van der Waals surface area (Å²) in [7, 11) is 0. The molecule has 0 N–H and O–H groups in total. The molecule has 1 fully saturated rings. The molecule has 166 valence electrons. The summed E-state index contributed by atoms with van der Waals surface area (Å²) in [4.78, 5) is 11.5. The molecular formula is C28H21Cl2N4+. The van der Waals surface area contributed by atoms with Crippen molar-refractivity contribution in [3.63, 3.8) is 0 Å². The van der Waals surface area contributed by atoms with E-state index in [1.807, 2.05) is 30.5 Å². The molecule has 4 aromatic carbocycles. The number of fused-ring (bicyclic) bond motifs is 4. The molecule has 0 saturated carbocycles. The van der Waals surface area contributed by atoms with Crippen molar-refractivity contribution < 1.29 is 4.48 Å². The van der Waals surface area contributed by atoms with Gasteiger partial charge in [-0.25, -0.2) is 9.47 Å². The van der Waals surface area contributed by atoms with E-state index >= 15 is 0 Å². The first-order valence-electron chi connectivity index (χ1n) is 11.4. The maximum atomic E-state index is 6.86. The Bertz CT molecular complexity index is 1650. The van der Waals surface area contributed by atoms with Gasteiger partial charge in [-0.15, -0.1) is 0 Å². The minimum atomic E-state index is 0.237. The molecule has 2 atom stereocenters. The van der Waals surface area contributed by atoms with Crippen LogP contribution in [0.4, 0.5) is 0 Å². The molecule has 4 nitrogen and oxygen atoms in total. The summed E-state index contributed by atoms with van der Waals surface area (Å²) in [6, 6.07) is 27.7. The van der Waals surface area contributed by atoms with Crippen molar-refractivity contribution in [2.75, 3.05) is 6.54 Å². The lowest BCUT2D eigenvalue weighted by Gasteiger charge is -2.17. The van der Waals surface area contributed by atoms with Crippen molar-refractivity contribution in [1.29, 1.82) is 0 Å². The Kier molecular flexibility index (Phi) is 4.40. The van der Waals surface area contributed by atoms with Crippen molar-refractivity contribution in [3.8, 4) is 0 Å². The van der Waals surface area contributed by atoms with Gasteiger partial charge in [0.2, 0.25) is 11.3 Å². The monoisotopic (exact) mass is 483 g/mol. The normalized spacial score (nSPS) is 21.6. The van der Waals surface area contributed by atoms with E-state index in [0.717, 1.165) is 35.0 Å². The van der Waals surface area contributed by atoms with Gasteiger partial charge in [0.25, 0.3) is 0 Å². The Morgan fingerprint density at radius 3 is 2.35 bits per heavy atom. The molecule has 0 bridgehead atoms. The number of halogens is 2. The average Bonchev–Trinajstić information content (AvgIpc) is 3.55. The molecule has 0 amide bonds. The van der Waals surface area contributed by atoms with Gasteiger partial charge in [0.1, 0.15) is 6.54 Å². The van der Waals surface area contributed by atoms with Crippen LogP contribution < -0.4 is 0 Å². The zero-order valence-electron chi connectivity index (χ0n) is 18.3. The Hall–Kier alpha value is -3.18. The molecule has 6 heteroatoms. The molecule has 0 spiro atoms. The maximum Gasteiger partial charge on any atom is 0.239 e. The van der Waals surface area contributed by atoms with Gasteiger partial charge in [-0.05, 0) is 63.5 Å². The smallest absolute Gasteiger partial charge is 0.239 e. The fourth-order valence-electron chi connectivity index (χ4n) is 5.33. The number of rotatable bonds is 4. The number of quaternary nitrogens is 1. The molecule has 1 aromatic heterocycles. The van der Waals surface area contributed by atoms with Gasteiger partial charge in [0.15, 0.2) is 11.7 Å². The number of aromatic nitrogens is 2. The molecule has 7 rings (SSSR count). The minimum Gasteiger partial charge on any atom is -0.296 e. The van der Waals surface area contributed by atoms with Gasteiger partial charge < -0.3 is 0 Å². The summed E-state index contributed by atoms with van der Waals surface area (Å²) in [6.07, 6.45) is 2.07. The molecule has 3 heterocycles. The lowest BCUT2D eigenvalue weighted by Crippen LogP contribution is -2.27. The fourth-order valence-corrected chi connectivity index (χ4v) is 6.02. The highest BCUT2D eigenvalue weighted by atomic mass is 35.5. The maximum absolute atomic E-state index is 6.86. The molecule has 2 aliphatic rings. The third kappa shape index (κ3) is 3.10. The van der Waals surface area contributed by atoms with Crippen LogP contribution in [0.3, 0.4) is 0 Å². The first-order valence-corrected chi connectivity index (χ1v) is 12.2. The SMILES string of the molecule is ClC1=C(Cl)[N+]2(Cc3ccc4cc5ccccc5cc4c3)CC2N1Cc1cnc2ccccc2n1. The molecule has 0 aliphatic carbocycles. The largest absolute Gasteiger partial charge is 0.296 e. The zero-order chi connectivity index (χ0) is 22.9. The first-order chi connectivity index (χ1) is 16.6. The molecule has 2 unspecified atom stereocenters. The number of para-hydroxylation sites is 2. The second-order valence-electron chi connectivity index (χ2n) is 9.30. The van der Waals surface area contributed by atoms with Gasteiger partial charge >= 0.3 is 0 Å². The Morgan fingerprint density at radius 1 is 0.824 bits per heavy atom. The fraction of sp³-hybridized carbons (Fsp3) is 0.143. The third-order valence-electron chi connectivity index (χ3n) is 7.16. The average molecular weight is 484 g/mol. The first kappa shape index (κ1) is 20.2. The number of benzene rings is 4. The summed E-state index contributed by atoms with van der Waals surface area (Å²) >= 11 is 13.6. The van der Waals surface area contributed by atoms with E-state index in [0.29, 0.717) is 16.2 Å². The van der Waals surface area contributed by atoms with E-state index in [2.05, 4.69) is 64.5 Å². The van der Waals surface area contributed by atoms with Crippen molar-refractivity contribution in [3.05, 3.63) is 107 Å². The third-order valence-corrected chi connectivity index (χ3v) is 8.17. The Labute approximate surface area is 207 Å². The van der Waals surface area contributed by atoms with E-state index in [1.54, 1.807) is 0 Å². The Morgan fingerprint density at radius 2 is 1.53 bits per heavy atom. The van der Waals surface area contributed by atoms with Crippen LogP contribution in [0.2, 0.25) is 0 Å². The van der Waals surface area contributed by atoms with Crippen LogP contribution in [0.25, 0.3) is 32.6 Å². The van der Waals surface area contributed by atoms with Gasteiger partial charge in [0, 0.05) is 5.56 Å². The van der Waals surface area contributed by atoms with E-state index in [1.165, 1.54) is 27.1 Å². The van der Waals surface area contributed by atoms with Crippen LogP contribution in [0.15, 0.2) is 95.4 Å². The number of nitrogens with zero attached hydrogens (tertiary/aromatic N) is 4. The van der Waals surface area contributed by atoms with E-state index in [4.69, 9.17) is 28.2 Å². The molecule has 34 heavy (non-hydrogen) atoms. The van der Waals surface area contributed by atoms with Crippen molar-refractivity contribution in [2.24, 2.45) is 0 Å². The summed E-state index contributed by atoms with van der Waals surface area (Å²) in [5.41, 5.74) is 3.95. The second kappa shape index (κ2) is 7.41. The highest BCUT2D eigenvalue weighted by Gasteiger charge is 2.67. The zero-order valence-corrected chi connectivity index (χ0v) is 19.8. The van der Waals surface area contributed by atoms with Crippen molar-refractivity contribution in [1.82, 2.24) is 14.9 Å². The molecule has 2 aliphatic heterocycles. The lowest BCUT2D eigenvalue weighted by molar-refractivity contribution is -0.780. The lowest BCUT2D eigenvalue weighted by atomic mass is 10.0. The van der Waals surface area contributed by atoms with Crippen LogP contribution in [0.5, 0.6) is 0 Å². The van der Waals surface area contributed by atoms with Gasteiger partial charge in [-0.2, -0.15) is 0 Å². The van der Waals surface area contributed by atoms with Crippen LogP contribution in [0.1, 0.15) is 11.3 Å². The molecule has 5 aromatic rings. The van der Waals surface area contributed by atoms with Crippen LogP contribution >= 0.6 is 23.2 Å². The summed E-state index contributed by atoms with van der Waals surface area (Å²) in [5.74, 6) is 0. The molecular weight excluding hydrogens is 463 g/mol. The predicted molar refractivity (Wildman–Crippen MR) is 138 cm³/mol. The van der Waals surface area contributed by atoms with Crippen molar-refractivity contribution in [2.45, 2.75) is 19.3 Å². The number of hydrogen-bond donors (Lipinski definition) is 0. The van der Waals surface area contributed by atoms with Crippen LogP contribution in [-0.4, -0.2) is 32.1 Å². The predicted octanol–water partition coefficient (Wildman–Crippen LogP) is 6.71. The van der Waals surface area contributed by atoms with Crippen LogP contribution in [-0.2, 0) is 13.1 Å². The summed E-state index contributed by atoms with van der Waals surface area (Å²) in [5, 5.41) is 6.37. The van der Waals surface area contributed by atoms with E-state index < -0.39 is 0 Å². The topological polar surface area (TPSA) is 29.0 Å². The second-order valence-corrected chi connectivity index (χ2v) is 10.0. The Balaban J connectivity index is 1.17. The van der Waals surface area contributed by atoms with E-state index in [9.17, 15) is 0 Å². The van der Waals surface area contributed by atoms with Gasteiger partial charge in [-0.1, -0.05) is 60.1 Å². The molecule has 0 radical (unpaired) electrons. The van der Waals surface area contributed by atoms with E-state index in [-0.39, 0.29) is 6.17 Å². The highest BCUT2D eigenvalue weighted by molar-refractivity contribution is 6.38. The quantitative estimate of drug-likeness (QED) is 0.123. The summed E-state index contributed by atoms with van der Waals surface area (Å²) in [6.45, 7) is 2.37. The standard InChI is InChI=1S/C28H21Cl2N4/c29-27-28(30)34(16-18-9-10-21-12-19-5-1-2-6-20(19)13-22(21)11-18)17-26(34)33(27)15-23-14-31-24-7-3-4-8-25(24)32-23/h1-14,26H,15-17H2/q+1. The molecule has 1 saturated heterocycles. The number of hydrogen-bond acceptors (Lipinski definition) is 3. The van der Waals surface area contributed by atoms with Gasteiger partial charge in [-0.3, -0.25) is 9.88 Å². The summed E-state index contributed by atoms with van der Waals surface area (Å²) < 4.78 is 0.681. The van der Waals surface area contributed by atoms with Crippen molar-refractivity contribution >= 4 is 55.8 Å². The highest BCUT2D eigenvalue weighted by Crippen LogP contribution is 2.53. The van der Waals surface area contributed by atoms with Gasteiger partial charge in [0.05, 0.1) is 29.5 Å². The van der Waals surface area contributed by atoms with Crippen LogP contribution in [0, 0.1) is 0 Å².